The lowest BCUT2D eigenvalue weighted by molar-refractivity contribution is 0.154. The van der Waals surface area contributed by atoms with E-state index in [1.165, 1.54) is 27.8 Å². The Bertz CT molecular complexity index is 1040. The molecule has 0 aliphatic rings. The van der Waals surface area contributed by atoms with Crippen LogP contribution in [0.2, 0.25) is 0 Å². The molecular weight excluding hydrogens is 380 g/mol. The number of rotatable bonds is 8. The summed E-state index contributed by atoms with van der Waals surface area (Å²) in [6.07, 6.45) is 4.59. The van der Waals surface area contributed by atoms with Gasteiger partial charge in [0.1, 0.15) is 0 Å². The summed E-state index contributed by atoms with van der Waals surface area (Å²) in [6.45, 7) is 4.94. The SMILES string of the molecule is Cc1ccc(C(CCC(O)c2cncn2Cc2ccccc2)c2ccc(C)cc2)cc1. The fourth-order valence-electron chi connectivity index (χ4n) is 4.12. The molecule has 0 spiro atoms. The van der Waals surface area contributed by atoms with Gasteiger partial charge in [-0.05, 0) is 43.4 Å². The molecule has 1 unspecified atom stereocenters. The van der Waals surface area contributed by atoms with Gasteiger partial charge >= 0.3 is 0 Å². The molecule has 3 nitrogen and oxygen atoms in total. The lowest BCUT2D eigenvalue weighted by Gasteiger charge is -2.21. The van der Waals surface area contributed by atoms with Crippen molar-refractivity contribution in [3.63, 3.8) is 0 Å². The molecule has 4 aromatic rings. The largest absolute Gasteiger partial charge is 0.387 e. The van der Waals surface area contributed by atoms with E-state index in [9.17, 15) is 5.11 Å². The third-order valence-electron chi connectivity index (χ3n) is 5.97. The van der Waals surface area contributed by atoms with Crippen LogP contribution in [0.3, 0.4) is 0 Å². The van der Waals surface area contributed by atoms with E-state index in [1.54, 1.807) is 6.20 Å². The van der Waals surface area contributed by atoms with Crippen LogP contribution in [-0.2, 0) is 6.54 Å². The Hall–Kier alpha value is -3.17. The Morgan fingerprint density at radius 1 is 0.774 bits per heavy atom. The first-order valence-corrected chi connectivity index (χ1v) is 11.0. The summed E-state index contributed by atoms with van der Waals surface area (Å²) < 4.78 is 2.05. The predicted octanol–water partition coefficient (Wildman–Crippen LogP) is 6.19. The molecule has 0 aliphatic carbocycles. The Morgan fingerprint density at radius 2 is 1.35 bits per heavy atom. The van der Waals surface area contributed by atoms with Crippen molar-refractivity contribution in [2.45, 2.75) is 45.3 Å². The molecule has 0 saturated carbocycles. The second kappa shape index (κ2) is 9.76. The third-order valence-corrected chi connectivity index (χ3v) is 5.97. The van der Waals surface area contributed by atoms with Crippen molar-refractivity contribution >= 4 is 0 Å². The van der Waals surface area contributed by atoms with Crippen LogP contribution in [0.1, 0.15) is 58.4 Å². The van der Waals surface area contributed by atoms with E-state index in [0.717, 1.165) is 12.1 Å². The Kier molecular flexibility index (Phi) is 6.63. The zero-order valence-corrected chi connectivity index (χ0v) is 18.3. The first-order valence-electron chi connectivity index (χ1n) is 11.0. The molecule has 3 aromatic carbocycles. The van der Waals surface area contributed by atoms with Crippen LogP contribution >= 0.6 is 0 Å². The molecule has 0 fully saturated rings. The maximum absolute atomic E-state index is 11.0. The number of imidazole rings is 1. The van der Waals surface area contributed by atoms with E-state index in [1.807, 2.05) is 29.1 Å². The van der Waals surface area contributed by atoms with Crippen molar-refractivity contribution in [2.24, 2.45) is 0 Å². The molecule has 31 heavy (non-hydrogen) atoms. The first-order chi connectivity index (χ1) is 15.1. The average molecular weight is 411 g/mol. The highest BCUT2D eigenvalue weighted by Crippen LogP contribution is 2.33. The second-order valence-corrected chi connectivity index (χ2v) is 8.40. The summed E-state index contributed by atoms with van der Waals surface area (Å²) in [4.78, 5) is 4.31. The number of aliphatic hydroxyl groups is 1. The van der Waals surface area contributed by atoms with Gasteiger partial charge in [0, 0.05) is 12.5 Å². The molecule has 1 aromatic heterocycles. The van der Waals surface area contributed by atoms with Crippen LogP contribution in [0.25, 0.3) is 0 Å². The third kappa shape index (κ3) is 5.31. The Morgan fingerprint density at radius 3 is 1.94 bits per heavy atom. The van der Waals surface area contributed by atoms with Gasteiger partial charge in [0.05, 0.1) is 24.3 Å². The van der Waals surface area contributed by atoms with Gasteiger partial charge in [0.15, 0.2) is 0 Å². The minimum Gasteiger partial charge on any atom is -0.387 e. The van der Waals surface area contributed by atoms with Crippen LogP contribution in [0, 0.1) is 13.8 Å². The van der Waals surface area contributed by atoms with E-state index in [4.69, 9.17) is 0 Å². The fraction of sp³-hybridized carbons (Fsp3) is 0.250. The Balaban J connectivity index is 1.51. The van der Waals surface area contributed by atoms with E-state index in [0.29, 0.717) is 13.0 Å². The van der Waals surface area contributed by atoms with Gasteiger partial charge in [-0.1, -0.05) is 90.0 Å². The van der Waals surface area contributed by atoms with Crippen LogP contribution in [0.5, 0.6) is 0 Å². The molecule has 0 bridgehead atoms. The van der Waals surface area contributed by atoms with Gasteiger partial charge in [-0.25, -0.2) is 4.98 Å². The highest BCUT2D eigenvalue weighted by atomic mass is 16.3. The topological polar surface area (TPSA) is 38.1 Å². The summed E-state index contributed by atoms with van der Waals surface area (Å²) in [5.74, 6) is 0.251. The lowest BCUT2D eigenvalue weighted by atomic mass is 9.86. The zero-order valence-electron chi connectivity index (χ0n) is 18.3. The van der Waals surface area contributed by atoms with Crippen molar-refractivity contribution < 1.29 is 5.11 Å². The van der Waals surface area contributed by atoms with Gasteiger partial charge in [-0.3, -0.25) is 0 Å². The minimum atomic E-state index is -0.551. The van der Waals surface area contributed by atoms with Crippen LogP contribution in [-0.4, -0.2) is 14.7 Å². The molecule has 0 amide bonds. The molecule has 0 aliphatic heterocycles. The smallest absolute Gasteiger partial charge is 0.0956 e. The standard InChI is InChI=1S/C28H30N2O/c1-21-8-12-24(13-9-21)26(25-14-10-22(2)11-15-25)16-17-28(31)27-18-29-20-30(27)19-23-6-4-3-5-7-23/h3-15,18,20,26,28,31H,16-17,19H2,1-2H3. The van der Waals surface area contributed by atoms with Gasteiger partial charge in [0.25, 0.3) is 0 Å². The first kappa shape index (κ1) is 21.1. The quantitative estimate of drug-likeness (QED) is 0.376. The molecule has 4 rings (SSSR count). The normalized spacial score (nSPS) is 12.3. The number of benzene rings is 3. The number of nitrogens with zero attached hydrogens (tertiary/aromatic N) is 2. The number of aryl methyl sites for hydroxylation is 2. The molecule has 158 valence electrons. The van der Waals surface area contributed by atoms with E-state index in [-0.39, 0.29) is 5.92 Å². The highest BCUT2D eigenvalue weighted by Gasteiger charge is 2.19. The average Bonchev–Trinajstić information content (AvgIpc) is 3.25. The van der Waals surface area contributed by atoms with E-state index in [2.05, 4.69) is 79.5 Å². The van der Waals surface area contributed by atoms with E-state index < -0.39 is 6.10 Å². The van der Waals surface area contributed by atoms with Crippen LogP contribution in [0.4, 0.5) is 0 Å². The van der Waals surface area contributed by atoms with Gasteiger partial charge in [-0.2, -0.15) is 0 Å². The van der Waals surface area contributed by atoms with Crippen LogP contribution < -0.4 is 0 Å². The maximum atomic E-state index is 11.0. The summed E-state index contributed by atoms with van der Waals surface area (Å²) >= 11 is 0. The highest BCUT2D eigenvalue weighted by molar-refractivity contribution is 5.35. The van der Waals surface area contributed by atoms with E-state index >= 15 is 0 Å². The molecule has 1 atom stereocenters. The van der Waals surface area contributed by atoms with Crippen molar-refractivity contribution in [1.82, 2.24) is 9.55 Å². The molecule has 0 saturated heterocycles. The summed E-state index contributed by atoms with van der Waals surface area (Å²) in [6, 6.07) is 27.8. The van der Waals surface area contributed by atoms with Crippen molar-refractivity contribution in [2.75, 3.05) is 0 Å². The van der Waals surface area contributed by atoms with Gasteiger partial charge in [-0.15, -0.1) is 0 Å². The number of aliphatic hydroxyl groups excluding tert-OH is 1. The summed E-state index contributed by atoms with van der Waals surface area (Å²) in [7, 11) is 0. The predicted molar refractivity (Wildman–Crippen MR) is 126 cm³/mol. The van der Waals surface area contributed by atoms with Crippen molar-refractivity contribution in [1.29, 1.82) is 0 Å². The fourth-order valence-corrected chi connectivity index (χ4v) is 4.12. The lowest BCUT2D eigenvalue weighted by Crippen LogP contribution is -2.10. The number of hydrogen-bond acceptors (Lipinski definition) is 2. The molecule has 3 heteroatoms. The molecular formula is C28H30N2O. The number of aromatic nitrogens is 2. The molecule has 1 heterocycles. The number of hydrogen-bond donors (Lipinski definition) is 1. The van der Waals surface area contributed by atoms with Crippen molar-refractivity contribution in [3.05, 3.63) is 125 Å². The molecule has 1 N–H and O–H groups in total. The summed E-state index contributed by atoms with van der Waals surface area (Å²) in [5.41, 5.74) is 7.17. The van der Waals surface area contributed by atoms with Crippen molar-refractivity contribution in [3.8, 4) is 0 Å². The molecule has 0 radical (unpaired) electrons. The van der Waals surface area contributed by atoms with Crippen LogP contribution in [0.15, 0.2) is 91.4 Å². The zero-order chi connectivity index (χ0) is 21.6. The Labute approximate surface area is 185 Å². The maximum Gasteiger partial charge on any atom is 0.0956 e. The van der Waals surface area contributed by atoms with Gasteiger partial charge in [0.2, 0.25) is 0 Å². The second-order valence-electron chi connectivity index (χ2n) is 8.40. The van der Waals surface area contributed by atoms with Gasteiger partial charge < -0.3 is 9.67 Å². The minimum absolute atomic E-state index is 0.251. The summed E-state index contributed by atoms with van der Waals surface area (Å²) in [5, 5.41) is 11.0. The monoisotopic (exact) mass is 410 g/mol.